The number of nitrogens with zero attached hydrogens (tertiary/aromatic N) is 3. The number of hydrogen-bond acceptors (Lipinski definition) is 7. The summed E-state index contributed by atoms with van der Waals surface area (Å²) in [6, 6.07) is 0. The molecule has 19 heavy (non-hydrogen) atoms. The fraction of sp³-hybridized carbons (Fsp3) is 0.455. The van der Waals surface area contributed by atoms with Crippen LogP contribution in [0.2, 0.25) is 0 Å². The molecule has 0 aromatic carbocycles. The van der Waals surface area contributed by atoms with Gasteiger partial charge in [-0.1, -0.05) is 5.16 Å². The van der Waals surface area contributed by atoms with Gasteiger partial charge >= 0.3 is 5.97 Å². The number of hydrogen-bond donors (Lipinski definition) is 2. The van der Waals surface area contributed by atoms with Gasteiger partial charge in [-0.05, 0) is 12.8 Å². The normalized spacial score (nSPS) is 17.4. The zero-order chi connectivity index (χ0) is 13.4. The SMILES string of the molecule is Cc1nc(CNc2nc3c(s2)CCC3C(=O)O)no1. The number of thiazole rings is 1. The lowest BCUT2D eigenvalue weighted by Crippen LogP contribution is -2.09. The number of carboxylic acids is 1. The lowest BCUT2D eigenvalue weighted by molar-refractivity contribution is -0.138. The van der Waals surface area contributed by atoms with E-state index in [0.717, 1.165) is 11.3 Å². The smallest absolute Gasteiger partial charge is 0.312 e. The van der Waals surface area contributed by atoms with Gasteiger partial charge in [-0.3, -0.25) is 4.79 Å². The molecular weight excluding hydrogens is 268 g/mol. The third-order valence-corrected chi connectivity index (χ3v) is 4.07. The molecule has 2 N–H and O–H groups in total. The van der Waals surface area contributed by atoms with Gasteiger partial charge in [0.25, 0.3) is 0 Å². The molecule has 0 saturated heterocycles. The summed E-state index contributed by atoms with van der Waals surface area (Å²) in [5, 5.41) is 16.7. The maximum atomic E-state index is 11.1. The summed E-state index contributed by atoms with van der Waals surface area (Å²) in [6.45, 7) is 2.15. The van der Waals surface area contributed by atoms with E-state index in [0.29, 0.717) is 35.5 Å². The minimum Gasteiger partial charge on any atom is -0.481 e. The van der Waals surface area contributed by atoms with Crippen molar-refractivity contribution >= 4 is 22.4 Å². The van der Waals surface area contributed by atoms with Gasteiger partial charge in [-0.25, -0.2) is 4.98 Å². The molecule has 0 bridgehead atoms. The average Bonchev–Trinajstić information content (AvgIpc) is 3.00. The third kappa shape index (κ3) is 2.30. The molecule has 2 heterocycles. The van der Waals surface area contributed by atoms with Crippen LogP contribution >= 0.6 is 11.3 Å². The van der Waals surface area contributed by atoms with Crippen molar-refractivity contribution < 1.29 is 14.4 Å². The van der Waals surface area contributed by atoms with Gasteiger partial charge in [0.2, 0.25) is 5.89 Å². The van der Waals surface area contributed by atoms with Crippen LogP contribution in [0.15, 0.2) is 4.52 Å². The minimum absolute atomic E-state index is 0.418. The van der Waals surface area contributed by atoms with E-state index in [-0.39, 0.29) is 0 Å². The van der Waals surface area contributed by atoms with Crippen LogP contribution in [0.1, 0.15) is 34.6 Å². The molecule has 2 aromatic rings. The second kappa shape index (κ2) is 4.61. The molecule has 3 rings (SSSR count). The van der Waals surface area contributed by atoms with Crippen molar-refractivity contribution in [3.8, 4) is 0 Å². The van der Waals surface area contributed by atoms with E-state index >= 15 is 0 Å². The zero-order valence-corrected chi connectivity index (χ0v) is 11.0. The largest absolute Gasteiger partial charge is 0.481 e. The molecule has 1 aliphatic rings. The van der Waals surface area contributed by atoms with E-state index in [2.05, 4.69) is 20.4 Å². The Bertz CT molecular complexity index is 621. The van der Waals surface area contributed by atoms with Crippen molar-refractivity contribution in [1.82, 2.24) is 15.1 Å². The Morgan fingerprint density at radius 3 is 3.11 bits per heavy atom. The summed E-state index contributed by atoms with van der Waals surface area (Å²) in [6.07, 6.45) is 1.43. The number of nitrogens with one attached hydrogen (secondary N) is 1. The van der Waals surface area contributed by atoms with Crippen molar-refractivity contribution in [1.29, 1.82) is 0 Å². The lowest BCUT2D eigenvalue weighted by atomic mass is 10.1. The molecule has 0 spiro atoms. The number of aryl methyl sites for hydroxylation is 2. The Kier molecular flexibility index (Phi) is 2.94. The highest BCUT2D eigenvalue weighted by molar-refractivity contribution is 7.15. The minimum atomic E-state index is -0.801. The molecular formula is C11H12N4O3S. The highest BCUT2D eigenvalue weighted by atomic mass is 32.1. The second-order valence-electron chi connectivity index (χ2n) is 4.34. The van der Waals surface area contributed by atoms with Gasteiger partial charge in [-0.2, -0.15) is 4.98 Å². The Morgan fingerprint density at radius 1 is 1.58 bits per heavy atom. The number of rotatable bonds is 4. The zero-order valence-electron chi connectivity index (χ0n) is 10.2. The summed E-state index contributed by atoms with van der Waals surface area (Å²) in [5.74, 6) is -0.189. The highest BCUT2D eigenvalue weighted by Gasteiger charge is 2.32. The molecule has 1 aliphatic carbocycles. The fourth-order valence-corrected chi connectivity index (χ4v) is 3.14. The predicted octanol–water partition coefficient (Wildman–Crippen LogP) is 1.56. The molecule has 8 heteroatoms. The molecule has 2 aromatic heterocycles. The molecule has 100 valence electrons. The highest BCUT2D eigenvalue weighted by Crippen LogP contribution is 2.38. The number of carboxylic acid groups (broad SMARTS) is 1. The first-order valence-corrected chi connectivity index (χ1v) is 6.70. The maximum absolute atomic E-state index is 11.1. The number of fused-ring (bicyclic) bond motifs is 1. The monoisotopic (exact) mass is 280 g/mol. The Morgan fingerprint density at radius 2 is 2.42 bits per heavy atom. The Labute approximate surface area is 112 Å². The Hall–Kier alpha value is -1.96. The van der Waals surface area contributed by atoms with Crippen LogP contribution in [-0.2, 0) is 17.8 Å². The molecule has 0 saturated carbocycles. The van der Waals surface area contributed by atoms with E-state index in [1.165, 1.54) is 11.3 Å². The topological polar surface area (TPSA) is 101 Å². The first-order valence-electron chi connectivity index (χ1n) is 5.89. The fourth-order valence-electron chi connectivity index (χ4n) is 2.11. The number of anilines is 1. The molecule has 0 amide bonds. The van der Waals surface area contributed by atoms with E-state index < -0.39 is 11.9 Å². The van der Waals surface area contributed by atoms with E-state index in [1.54, 1.807) is 6.92 Å². The summed E-state index contributed by atoms with van der Waals surface area (Å²) in [4.78, 5) is 20.6. The van der Waals surface area contributed by atoms with Gasteiger partial charge in [0, 0.05) is 11.8 Å². The number of aliphatic carboxylic acids is 1. The predicted molar refractivity (Wildman–Crippen MR) is 67.2 cm³/mol. The van der Waals surface area contributed by atoms with Crippen LogP contribution in [0.25, 0.3) is 0 Å². The summed E-state index contributed by atoms with van der Waals surface area (Å²) in [5.41, 5.74) is 0.698. The van der Waals surface area contributed by atoms with Gasteiger partial charge < -0.3 is 14.9 Å². The quantitative estimate of drug-likeness (QED) is 0.876. The molecule has 1 unspecified atom stereocenters. The molecule has 0 radical (unpaired) electrons. The van der Waals surface area contributed by atoms with Crippen LogP contribution < -0.4 is 5.32 Å². The summed E-state index contributed by atoms with van der Waals surface area (Å²) in [7, 11) is 0. The van der Waals surface area contributed by atoms with Crippen LogP contribution in [0.4, 0.5) is 5.13 Å². The van der Waals surface area contributed by atoms with E-state index in [4.69, 9.17) is 9.63 Å². The lowest BCUT2D eigenvalue weighted by Gasteiger charge is -2.02. The van der Waals surface area contributed by atoms with Gasteiger partial charge in [0.1, 0.15) is 5.92 Å². The van der Waals surface area contributed by atoms with E-state index in [9.17, 15) is 4.79 Å². The third-order valence-electron chi connectivity index (χ3n) is 2.98. The van der Waals surface area contributed by atoms with E-state index in [1.807, 2.05) is 0 Å². The first kappa shape index (κ1) is 12.1. The van der Waals surface area contributed by atoms with Crippen molar-refractivity contribution in [2.75, 3.05) is 5.32 Å². The van der Waals surface area contributed by atoms with Gasteiger partial charge in [-0.15, -0.1) is 11.3 Å². The molecule has 1 atom stereocenters. The van der Waals surface area contributed by atoms with Gasteiger partial charge in [0.15, 0.2) is 11.0 Å². The van der Waals surface area contributed by atoms with Crippen molar-refractivity contribution in [2.45, 2.75) is 32.2 Å². The standard InChI is InChI=1S/C11H12N4O3S/c1-5-13-8(15-18-5)4-12-11-14-9-6(10(16)17)2-3-7(9)19-11/h6H,2-4H2,1H3,(H,12,14)(H,16,17). The van der Waals surface area contributed by atoms with Crippen molar-refractivity contribution in [3.05, 3.63) is 22.3 Å². The van der Waals surface area contributed by atoms with Crippen LogP contribution in [0, 0.1) is 6.92 Å². The molecule has 0 aliphatic heterocycles. The van der Waals surface area contributed by atoms with Crippen LogP contribution in [0.3, 0.4) is 0 Å². The van der Waals surface area contributed by atoms with Crippen molar-refractivity contribution in [2.24, 2.45) is 0 Å². The first-order chi connectivity index (χ1) is 9.13. The summed E-state index contributed by atoms with van der Waals surface area (Å²) >= 11 is 1.50. The number of carbonyl (C=O) groups is 1. The second-order valence-corrected chi connectivity index (χ2v) is 5.42. The van der Waals surface area contributed by atoms with Crippen LogP contribution in [0.5, 0.6) is 0 Å². The van der Waals surface area contributed by atoms with Gasteiger partial charge in [0.05, 0.1) is 12.2 Å². The Balaban J connectivity index is 1.70. The average molecular weight is 280 g/mol. The maximum Gasteiger partial charge on any atom is 0.312 e. The molecule has 7 nitrogen and oxygen atoms in total. The number of aromatic nitrogens is 3. The molecule has 0 fully saturated rings. The van der Waals surface area contributed by atoms with Crippen LogP contribution in [-0.4, -0.2) is 26.2 Å². The van der Waals surface area contributed by atoms with Crippen molar-refractivity contribution in [3.63, 3.8) is 0 Å². The summed E-state index contributed by atoms with van der Waals surface area (Å²) < 4.78 is 4.87.